The molecule has 2 rings (SSSR count). The maximum absolute atomic E-state index is 11.2. The van der Waals surface area contributed by atoms with Gasteiger partial charge in [-0.3, -0.25) is 28.8 Å². The van der Waals surface area contributed by atoms with Crippen LogP contribution in [0.3, 0.4) is 0 Å². The summed E-state index contributed by atoms with van der Waals surface area (Å²) in [5, 5.41) is 8.52. The van der Waals surface area contributed by atoms with Crippen molar-refractivity contribution in [1.29, 1.82) is 0 Å². The van der Waals surface area contributed by atoms with Crippen LogP contribution in [-0.4, -0.2) is 79.9 Å². The molecule has 1 unspecified atom stereocenters. The molecule has 0 heterocycles. The monoisotopic (exact) mass is 1010 g/mol. The highest BCUT2D eigenvalue weighted by Gasteiger charge is 2.22. The smallest absolute Gasteiger partial charge is 0.306 e. The first-order chi connectivity index (χ1) is 34.1. The molecule has 1 aliphatic carbocycles. The van der Waals surface area contributed by atoms with Crippen LogP contribution in [0.5, 0.6) is 0 Å². The number of aliphatic hydroxyl groups excluding tert-OH is 1. The summed E-state index contributed by atoms with van der Waals surface area (Å²) in [6.07, 6.45) is 29.5. The largest absolute Gasteiger partial charge is 0.466 e. The van der Waals surface area contributed by atoms with E-state index >= 15 is 0 Å². The van der Waals surface area contributed by atoms with Gasteiger partial charge in [0.2, 0.25) is 0 Å². The zero-order chi connectivity index (χ0) is 55.9. The van der Waals surface area contributed by atoms with Gasteiger partial charge >= 0.3 is 29.8 Å². The highest BCUT2D eigenvalue weighted by Crippen LogP contribution is 2.27. The van der Waals surface area contributed by atoms with Crippen LogP contribution >= 0.6 is 0 Å². The third-order valence-corrected chi connectivity index (χ3v) is 9.99. The van der Waals surface area contributed by atoms with Crippen molar-refractivity contribution in [2.75, 3.05) is 33.0 Å². The van der Waals surface area contributed by atoms with Gasteiger partial charge in [0.25, 0.3) is 0 Å². The lowest BCUT2D eigenvalue weighted by atomic mass is 9.86. The molecule has 72 heavy (non-hydrogen) atoms. The molecule has 1 atom stereocenters. The predicted octanol–water partition coefficient (Wildman–Crippen LogP) is 14.5. The number of hydrogen-bond donors (Lipinski definition) is 1. The van der Waals surface area contributed by atoms with Crippen LogP contribution in [0.4, 0.5) is 0 Å². The van der Waals surface area contributed by atoms with Crippen LogP contribution in [0, 0.1) is 5.92 Å². The maximum Gasteiger partial charge on any atom is 0.306 e. The van der Waals surface area contributed by atoms with Crippen LogP contribution in [0.15, 0.2) is 90.6 Å². The number of carbonyl (C=O) groups is 6. The Labute approximate surface area is 438 Å². The van der Waals surface area contributed by atoms with E-state index in [1.807, 2.05) is 44.2 Å². The van der Waals surface area contributed by atoms with Crippen LogP contribution in [-0.2, 0) is 58.9 Å². The number of esters is 5. The fraction of sp³-hybridized carbons (Fsp3) is 0.633. The molecule has 0 spiro atoms. The van der Waals surface area contributed by atoms with E-state index in [0.717, 1.165) is 75.6 Å². The summed E-state index contributed by atoms with van der Waals surface area (Å²) in [6.45, 7) is 33.2. The molecule has 1 aliphatic rings. The molecule has 1 N–H and O–H groups in total. The molecular formula is C60H102O12. The molecule has 1 saturated carbocycles. The normalized spacial score (nSPS) is 11.9. The molecule has 0 radical (unpaired) electrons. The number of allylic oxidation sites excluding steroid dienone is 6. The number of benzene rings is 1. The summed E-state index contributed by atoms with van der Waals surface area (Å²) in [7, 11) is 0. The van der Waals surface area contributed by atoms with Gasteiger partial charge in [0.15, 0.2) is 0 Å². The average molecular weight is 1020 g/mol. The lowest BCUT2D eigenvalue weighted by Gasteiger charge is -2.24. The Balaban J connectivity index is -0.000000246. The van der Waals surface area contributed by atoms with Gasteiger partial charge in [-0.1, -0.05) is 150 Å². The highest BCUT2D eigenvalue weighted by atomic mass is 16.6. The van der Waals surface area contributed by atoms with E-state index in [9.17, 15) is 28.8 Å². The van der Waals surface area contributed by atoms with Gasteiger partial charge in [-0.15, -0.1) is 0 Å². The summed E-state index contributed by atoms with van der Waals surface area (Å²) < 4.78 is 23.9. The molecule has 1 fully saturated rings. The van der Waals surface area contributed by atoms with Crippen LogP contribution < -0.4 is 0 Å². The van der Waals surface area contributed by atoms with Gasteiger partial charge < -0.3 is 28.8 Å². The fourth-order valence-corrected chi connectivity index (χ4v) is 6.06. The van der Waals surface area contributed by atoms with E-state index < -0.39 is 5.60 Å². The van der Waals surface area contributed by atoms with Crippen molar-refractivity contribution < 1.29 is 57.6 Å². The van der Waals surface area contributed by atoms with Gasteiger partial charge in [-0.2, -0.15) is 0 Å². The fourth-order valence-electron chi connectivity index (χ4n) is 6.06. The molecule has 12 heteroatoms. The first-order valence-corrected chi connectivity index (χ1v) is 26.2. The first kappa shape index (κ1) is 75.8. The van der Waals surface area contributed by atoms with Gasteiger partial charge in [0.05, 0.1) is 19.8 Å². The van der Waals surface area contributed by atoms with E-state index in [1.54, 1.807) is 25.2 Å². The Hall–Kier alpha value is -5.10. The lowest BCUT2D eigenvalue weighted by molar-refractivity contribution is -0.151. The number of aliphatic hydroxyl groups is 1. The summed E-state index contributed by atoms with van der Waals surface area (Å²) in [5.41, 5.74) is 4.43. The Morgan fingerprint density at radius 2 is 1.22 bits per heavy atom. The number of aldehydes is 1. The standard InChI is InChI=1S/2C12H20O2.C10H16O.C8H16O2.C8H10O.C6H12O2.C4H8O2/c1-2-10-14-12(13)9-8-11-6-4-3-5-7-11;1-6-12(5,14-11(4)13)9-7-8-10(2)3;1-9(2)5-4-6-10(3)7-8-11;1-3-4-5-6-7-10-8(2)9;9-7-6-8-4-2-1-3-5-8;1-3-4-5-8-6(2)7;1-3-6-4(2)5/h2,11H,1,3-10H2;6,8H,1,7,9H2,2-5H3;5,7-8H,4,6H2,1-3H3;3-7H2,1-2H3;1-5,9H,6-7H2;3-5H2,1-2H3;3H2,1-2H3. The van der Waals surface area contributed by atoms with Crippen LogP contribution in [0.2, 0.25) is 0 Å². The summed E-state index contributed by atoms with van der Waals surface area (Å²) in [4.78, 5) is 62.2. The number of rotatable bonds is 25. The summed E-state index contributed by atoms with van der Waals surface area (Å²) >= 11 is 0. The summed E-state index contributed by atoms with van der Waals surface area (Å²) in [5.74, 6) is -0.132. The average Bonchev–Trinajstić information content (AvgIpc) is 3.32. The van der Waals surface area contributed by atoms with Crippen molar-refractivity contribution in [3.63, 3.8) is 0 Å². The summed E-state index contributed by atoms with van der Waals surface area (Å²) in [6, 6.07) is 9.95. The highest BCUT2D eigenvalue weighted by molar-refractivity contribution is 5.69. The van der Waals surface area contributed by atoms with Crippen molar-refractivity contribution in [3.8, 4) is 0 Å². The second-order valence-electron chi connectivity index (χ2n) is 17.9. The van der Waals surface area contributed by atoms with Crippen LogP contribution in [0.25, 0.3) is 0 Å². The molecule has 1 aromatic carbocycles. The molecule has 12 nitrogen and oxygen atoms in total. The Morgan fingerprint density at radius 1 is 0.681 bits per heavy atom. The van der Waals surface area contributed by atoms with Gasteiger partial charge in [-0.25, -0.2) is 0 Å². The topological polar surface area (TPSA) is 169 Å². The molecule has 0 aliphatic heterocycles. The minimum atomic E-state index is -0.530. The van der Waals surface area contributed by atoms with Crippen molar-refractivity contribution in [1.82, 2.24) is 0 Å². The van der Waals surface area contributed by atoms with Gasteiger partial charge in [0.1, 0.15) is 18.5 Å². The molecule has 1 aromatic rings. The zero-order valence-electron chi connectivity index (χ0n) is 47.5. The number of unbranched alkanes of at least 4 members (excludes halogenated alkanes) is 4. The third kappa shape index (κ3) is 69.2. The van der Waals surface area contributed by atoms with E-state index in [4.69, 9.17) is 19.3 Å². The number of ether oxygens (including phenoxy) is 5. The second-order valence-corrected chi connectivity index (χ2v) is 17.9. The van der Waals surface area contributed by atoms with E-state index in [2.05, 4.69) is 76.3 Å². The Kier molecular flexibility index (Phi) is 59.8. The number of hydrogen-bond acceptors (Lipinski definition) is 12. The molecule has 0 bridgehead atoms. The molecule has 0 amide bonds. The first-order valence-electron chi connectivity index (χ1n) is 26.2. The quantitative estimate of drug-likeness (QED) is 0.0246. The SMILES string of the molecule is C=CC(C)(CCC=C(C)C)OC(C)=O.C=CCOC(=O)CCC1CCCCC1.CC(C)=CCCC(C)=CC=O.CCCCCCOC(C)=O.CCCCOC(C)=O.CCOC(C)=O.OCCc1ccccc1. The minimum absolute atomic E-state index is 0.0736. The van der Waals surface area contributed by atoms with Crippen molar-refractivity contribution >= 4 is 36.1 Å². The molecule has 414 valence electrons. The van der Waals surface area contributed by atoms with Crippen molar-refractivity contribution in [3.05, 3.63) is 96.2 Å². The molecule has 0 saturated heterocycles. The van der Waals surface area contributed by atoms with E-state index in [0.29, 0.717) is 32.8 Å². The van der Waals surface area contributed by atoms with Crippen LogP contribution in [0.1, 0.15) is 205 Å². The van der Waals surface area contributed by atoms with E-state index in [1.165, 1.54) is 95.8 Å². The zero-order valence-corrected chi connectivity index (χ0v) is 47.5. The van der Waals surface area contributed by atoms with Gasteiger partial charge in [-0.05, 0) is 123 Å². The third-order valence-electron chi connectivity index (χ3n) is 9.99. The van der Waals surface area contributed by atoms with Crippen molar-refractivity contribution in [2.45, 2.75) is 211 Å². The van der Waals surface area contributed by atoms with E-state index in [-0.39, 0.29) is 36.5 Å². The van der Waals surface area contributed by atoms with Gasteiger partial charge in [0, 0.05) is 40.7 Å². The lowest BCUT2D eigenvalue weighted by Crippen LogP contribution is -2.27. The Bertz CT molecular complexity index is 1600. The van der Waals surface area contributed by atoms with Crippen molar-refractivity contribution in [2.24, 2.45) is 5.92 Å². The predicted molar refractivity (Wildman–Crippen MR) is 296 cm³/mol. The molecular weight excluding hydrogens is 913 g/mol. The maximum atomic E-state index is 11.2. The molecule has 0 aromatic heterocycles. The second kappa shape index (κ2) is 56.8. The number of carbonyl (C=O) groups excluding carboxylic acids is 6. The minimum Gasteiger partial charge on any atom is -0.466 e. The Morgan fingerprint density at radius 3 is 1.65 bits per heavy atom.